The topological polar surface area (TPSA) is 102 Å². The molecule has 0 aliphatic heterocycles. The third-order valence-electron chi connectivity index (χ3n) is 4.22. The van der Waals surface area contributed by atoms with E-state index in [0.717, 1.165) is 5.69 Å². The molecule has 4 aromatic rings. The third-order valence-corrected chi connectivity index (χ3v) is 4.22. The lowest BCUT2D eigenvalue weighted by atomic mass is 10.2. The smallest absolute Gasteiger partial charge is 0.259 e. The molecule has 0 bridgehead atoms. The molecule has 0 aliphatic rings. The van der Waals surface area contributed by atoms with Crippen LogP contribution in [0.25, 0.3) is 0 Å². The van der Waals surface area contributed by atoms with Crippen molar-refractivity contribution in [1.29, 1.82) is 0 Å². The first-order valence-corrected chi connectivity index (χ1v) is 9.56. The van der Waals surface area contributed by atoms with Gasteiger partial charge in [-0.2, -0.15) is 15.2 Å². The summed E-state index contributed by atoms with van der Waals surface area (Å²) < 4.78 is 10.6. The van der Waals surface area contributed by atoms with Gasteiger partial charge in [-0.3, -0.25) is 4.79 Å². The second-order valence-electron chi connectivity index (χ2n) is 6.55. The first kappa shape index (κ1) is 20.0. The molecule has 0 fully saturated rings. The lowest BCUT2D eigenvalue weighted by Crippen LogP contribution is -2.13. The number of carbonyl (C=O) groups is 1. The zero-order valence-electron chi connectivity index (χ0n) is 16.7. The molecule has 0 atom stereocenters. The zero-order valence-corrected chi connectivity index (χ0v) is 16.7. The molecule has 1 heterocycles. The predicted octanol–water partition coefficient (Wildman–Crippen LogP) is 5.62. The van der Waals surface area contributed by atoms with E-state index in [1.807, 2.05) is 30.3 Å². The second kappa shape index (κ2) is 9.45. The van der Waals surface area contributed by atoms with Gasteiger partial charge in [-0.15, -0.1) is 0 Å². The molecule has 0 saturated heterocycles. The number of nitrogens with zero attached hydrogens (tertiary/aromatic N) is 4. The summed E-state index contributed by atoms with van der Waals surface area (Å²) in [6.45, 7) is 1.80. The largest absolute Gasteiger partial charge is 0.485 e. The van der Waals surface area contributed by atoms with Crippen molar-refractivity contribution >= 4 is 23.0 Å². The molecule has 0 unspecified atom stereocenters. The minimum atomic E-state index is -0.293. The van der Waals surface area contributed by atoms with E-state index in [2.05, 4.69) is 25.7 Å². The van der Waals surface area contributed by atoms with Crippen molar-refractivity contribution in [3.63, 3.8) is 0 Å². The monoisotopic (exact) mass is 413 g/mol. The van der Waals surface area contributed by atoms with Gasteiger partial charge in [-0.1, -0.05) is 35.5 Å². The van der Waals surface area contributed by atoms with E-state index < -0.39 is 0 Å². The molecular weight excluding hydrogens is 394 g/mol. The number of amides is 1. The van der Waals surface area contributed by atoms with Crippen molar-refractivity contribution < 1.29 is 14.1 Å². The van der Waals surface area contributed by atoms with Crippen LogP contribution >= 0.6 is 0 Å². The summed E-state index contributed by atoms with van der Waals surface area (Å²) in [5.41, 5.74) is 2.48. The van der Waals surface area contributed by atoms with Crippen LogP contribution in [0.4, 0.5) is 17.1 Å². The number of anilines is 1. The fraction of sp³-hybridized carbons (Fsp3) is 0.0870. The van der Waals surface area contributed by atoms with Crippen LogP contribution in [0.2, 0.25) is 0 Å². The van der Waals surface area contributed by atoms with Crippen molar-refractivity contribution in [2.24, 2.45) is 10.2 Å². The normalized spacial score (nSPS) is 10.9. The van der Waals surface area contributed by atoms with Gasteiger partial charge in [0.1, 0.15) is 5.75 Å². The molecule has 3 aromatic carbocycles. The minimum Gasteiger partial charge on any atom is -0.485 e. The minimum absolute atomic E-state index is 0.0999. The van der Waals surface area contributed by atoms with E-state index in [9.17, 15) is 4.79 Å². The molecule has 8 heteroatoms. The van der Waals surface area contributed by atoms with E-state index >= 15 is 0 Å². The van der Waals surface area contributed by atoms with E-state index in [1.54, 1.807) is 55.5 Å². The molecule has 0 spiro atoms. The van der Waals surface area contributed by atoms with Crippen molar-refractivity contribution in [2.45, 2.75) is 13.5 Å². The summed E-state index contributed by atoms with van der Waals surface area (Å²) in [5, 5.41) is 15.0. The molecule has 0 aliphatic carbocycles. The summed E-state index contributed by atoms with van der Waals surface area (Å²) in [7, 11) is 0. The summed E-state index contributed by atoms with van der Waals surface area (Å²) >= 11 is 0. The van der Waals surface area contributed by atoms with Gasteiger partial charge < -0.3 is 14.6 Å². The van der Waals surface area contributed by atoms with Crippen LogP contribution < -0.4 is 10.1 Å². The third kappa shape index (κ3) is 5.39. The summed E-state index contributed by atoms with van der Waals surface area (Å²) in [5.74, 6) is 0.999. The number of aryl methyl sites for hydroxylation is 1. The molecular formula is C23H19N5O3. The molecule has 0 radical (unpaired) electrons. The number of aromatic nitrogens is 2. The van der Waals surface area contributed by atoms with Gasteiger partial charge in [0, 0.05) is 12.6 Å². The Balaban J connectivity index is 1.40. The second-order valence-corrected chi connectivity index (χ2v) is 6.55. The molecule has 8 nitrogen and oxygen atoms in total. The zero-order chi connectivity index (χ0) is 21.5. The van der Waals surface area contributed by atoms with Gasteiger partial charge in [0.2, 0.25) is 11.7 Å². The van der Waals surface area contributed by atoms with Gasteiger partial charge in [0.05, 0.1) is 16.9 Å². The lowest BCUT2D eigenvalue weighted by molar-refractivity contribution is 0.102. The Morgan fingerprint density at radius 1 is 0.935 bits per heavy atom. The Morgan fingerprint density at radius 3 is 2.32 bits per heavy atom. The van der Waals surface area contributed by atoms with E-state index in [-0.39, 0.29) is 12.5 Å². The van der Waals surface area contributed by atoms with Gasteiger partial charge in [0.25, 0.3) is 5.91 Å². The maximum Gasteiger partial charge on any atom is 0.259 e. The highest BCUT2D eigenvalue weighted by Gasteiger charge is 2.13. The highest BCUT2D eigenvalue weighted by molar-refractivity contribution is 6.06. The van der Waals surface area contributed by atoms with Crippen LogP contribution in [0.15, 0.2) is 93.6 Å². The number of carbonyl (C=O) groups excluding carboxylic acids is 1. The lowest BCUT2D eigenvalue weighted by Gasteiger charge is -2.10. The summed E-state index contributed by atoms with van der Waals surface area (Å²) in [6, 6.07) is 23.5. The van der Waals surface area contributed by atoms with Crippen LogP contribution in [0, 0.1) is 6.92 Å². The molecule has 154 valence electrons. The average molecular weight is 413 g/mol. The van der Waals surface area contributed by atoms with Gasteiger partial charge in [-0.25, -0.2) is 0 Å². The molecule has 31 heavy (non-hydrogen) atoms. The Kier molecular flexibility index (Phi) is 6.08. The Bertz CT molecular complexity index is 1190. The van der Waals surface area contributed by atoms with Crippen molar-refractivity contribution in [3.05, 3.63) is 96.1 Å². The highest BCUT2D eigenvalue weighted by Crippen LogP contribution is 2.23. The van der Waals surface area contributed by atoms with Crippen molar-refractivity contribution in [3.8, 4) is 5.75 Å². The van der Waals surface area contributed by atoms with Crippen LogP contribution in [-0.4, -0.2) is 16.0 Å². The predicted molar refractivity (Wildman–Crippen MR) is 115 cm³/mol. The first-order valence-electron chi connectivity index (χ1n) is 9.56. The Morgan fingerprint density at radius 2 is 1.61 bits per heavy atom. The molecule has 1 N–H and O–H groups in total. The Hall–Kier alpha value is -4.33. The van der Waals surface area contributed by atoms with Crippen molar-refractivity contribution in [2.75, 3.05) is 5.32 Å². The number of para-hydroxylation sites is 1. The summed E-state index contributed by atoms with van der Waals surface area (Å²) in [6.07, 6.45) is 0. The molecule has 0 saturated carbocycles. The maximum absolute atomic E-state index is 12.8. The number of benzene rings is 3. The molecule has 4 rings (SSSR count). The van der Waals surface area contributed by atoms with Crippen LogP contribution in [0.3, 0.4) is 0 Å². The number of nitrogens with one attached hydrogen (secondary N) is 1. The Labute approximate surface area is 178 Å². The van der Waals surface area contributed by atoms with E-state index in [4.69, 9.17) is 9.26 Å². The number of hydrogen-bond acceptors (Lipinski definition) is 7. The fourth-order valence-corrected chi connectivity index (χ4v) is 2.74. The van der Waals surface area contributed by atoms with Crippen molar-refractivity contribution in [1.82, 2.24) is 10.1 Å². The van der Waals surface area contributed by atoms with E-state index in [0.29, 0.717) is 34.4 Å². The quantitative estimate of drug-likeness (QED) is 0.396. The summed E-state index contributed by atoms with van der Waals surface area (Å²) in [4.78, 5) is 16.9. The fourth-order valence-electron chi connectivity index (χ4n) is 2.74. The van der Waals surface area contributed by atoms with E-state index in [1.165, 1.54) is 0 Å². The molecule has 1 aromatic heterocycles. The van der Waals surface area contributed by atoms with Gasteiger partial charge in [-0.05, 0) is 48.5 Å². The van der Waals surface area contributed by atoms with Crippen LogP contribution in [0.1, 0.15) is 22.1 Å². The number of rotatable bonds is 7. The van der Waals surface area contributed by atoms with Gasteiger partial charge >= 0.3 is 0 Å². The van der Waals surface area contributed by atoms with Gasteiger partial charge in [0.15, 0.2) is 6.61 Å². The first-order chi connectivity index (χ1) is 15.2. The number of hydrogen-bond donors (Lipinski definition) is 1. The SMILES string of the molecule is Cc1nc(COc2ccccc2C(=O)Nc2ccc(N=Nc3ccccc3)cc2)no1. The average Bonchev–Trinajstić information content (AvgIpc) is 3.23. The molecule has 1 amide bonds. The van der Waals surface area contributed by atoms with Crippen LogP contribution in [-0.2, 0) is 6.61 Å². The number of ether oxygens (including phenoxy) is 1. The standard InChI is InChI=1S/C23H19N5O3/c1-16-24-22(28-31-16)15-30-21-10-6-5-9-20(21)23(29)25-17-11-13-19(14-12-17)27-26-18-7-3-2-4-8-18/h2-14H,15H2,1H3,(H,25,29). The van der Waals surface area contributed by atoms with Crippen LogP contribution in [0.5, 0.6) is 5.75 Å². The highest BCUT2D eigenvalue weighted by atomic mass is 16.5. The maximum atomic E-state index is 12.8. The number of azo groups is 1.